The monoisotopic (exact) mass is 379 g/mol. The summed E-state index contributed by atoms with van der Waals surface area (Å²) < 4.78 is 1.32. The van der Waals surface area contributed by atoms with Crippen LogP contribution in [0.15, 0.2) is 47.4 Å². The molecule has 1 fully saturated rings. The summed E-state index contributed by atoms with van der Waals surface area (Å²) in [5.74, 6) is -0.250. The summed E-state index contributed by atoms with van der Waals surface area (Å²) in [6, 6.07) is 10.5. The molecule has 0 saturated carbocycles. The lowest BCUT2D eigenvalue weighted by atomic mass is 10.1. The smallest absolute Gasteiger partial charge is 0.272 e. The van der Waals surface area contributed by atoms with Gasteiger partial charge < -0.3 is 10.2 Å². The van der Waals surface area contributed by atoms with E-state index in [0.717, 1.165) is 11.1 Å². The summed E-state index contributed by atoms with van der Waals surface area (Å²) in [4.78, 5) is 43.0. The van der Waals surface area contributed by atoms with Gasteiger partial charge in [-0.3, -0.25) is 19.5 Å². The Morgan fingerprint density at radius 3 is 2.82 bits per heavy atom. The van der Waals surface area contributed by atoms with Crippen LogP contribution < -0.4 is 10.9 Å². The second-order valence-electron chi connectivity index (χ2n) is 7.02. The number of nitrogens with one attached hydrogen (secondary N) is 2. The number of benzene rings is 1. The van der Waals surface area contributed by atoms with Crippen molar-refractivity contribution in [3.63, 3.8) is 0 Å². The normalized spacial score (nSPS) is 16.7. The Morgan fingerprint density at radius 1 is 1.25 bits per heavy atom. The second kappa shape index (κ2) is 7.30. The van der Waals surface area contributed by atoms with Crippen molar-refractivity contribution in [3.8, 4) is 0 Å². The van der Waals surface area contributed by atoms with Crippen LogP contribution in [0.1, 0.15) is 29.7 Å². The molecular formula is C20H21N5O3. The number of hydrogen-bond donors (Lipinski definition) is 2. The van der Waals surface area contributed by atoms with Crippen LogP contribution >= 0.6 is 0 Å². The minimum absolute atomic E-state index is 0.0224. The van der Waals surface area contributed by atoms with Gasteiger partial charge in [-0.25, -0.2) is 9.50 Å². The van der Waals surface area contributed by atoms with Gasteiger partial charge in [-0.05, 0) is 18.9 Å². The predicted molar refractivity (Wildman–Crippen MR) is 102 cm³/mol. The first kappa shape index (κ1) is 18.0. The Morgan fingerprint density at radius 2 is 2.04 bits per heavy atom. The molecule has 1 saturated heterocycles. The fourth-order valence-corrected chi connectivity index (χ4v) is 3.46. The van der Waals surface area contributed by atoms with E-state index < -0.39 is 6.04 Å². The molecule has 0 radical (unpaired) electrons. The van der Waals surface area contributed by atoms with Gasteiger partial charge in [0.1, 0.15) is 6.04 Å². The van der Waals surface area contributed by atoms with E-state index in [1.165, 1.54) is 10.6 Å². The Hall–Kier alpha value is -3.42. The standard InChI is InChI=1S/C20H21N5O3/c1-13-2-4-14(5-3-13)12-24-16(6-7-18(24)26)20(28)21-11-15-10-19(27)25-17(23-15)8-9-22-25/h2-5,8-10,16,22H,6-7,11-12H2,1H3,(H,21,28). The number of aromatic amines is 1. The number of rotatable bonds is 5. The number of hydrogen-bond acceptors (Lipinski definition) is 4. The van der Waals surface area contributed by atoms with Gasteiger partial charge in [-0.2, -0.15) is 0 Å². The Bertz CT molecular complexity index is 1080. The van der Waals surface area contributed by atoms with Crippen LogP contribution in [-0.4, -0.2) is 37.4 Å². The zero-order valence-electron chi connectivity index (χ0n) is 15.5. The summed E-state index contributed by atoms with van der Waals surface area (Å²) >= 11 is 0. The molecule has 1 aliphatic rings. The third kappa shape index (κ3) is 3.53. The molecule has 0 aliphatic carbocycles. The number of fused-ring (bicyclic) bond motifs is 1. The van der Waals surface area contributed by atoms with Crippen LogP contribution in [0.2, 0.25) is 0 Å². The molecule has 1 aromatic carbocycles. The molecule has 2 amide bonds. The van der Waals surface area contributed by atoms with Gasteiger partial charge in [-0.1, -0.05) is 29.8 Å². The SMILES string of the molecule is Cc1ccc(CN2C(=O)CCC2C(=O)NCc2cc(=O)n3[nH]ccc3n2)cc1. The molecule has 144 valence electrons. The van der Waals surface area contributed by atoms with E-state index in [0.29, 0.717) is 30.7 Å². The van der Waals surface area contributed by atoms with Crippen molar-refractivity contribution in [1.29, 1.82) is 0 Å². The maximum absolute atomic E-state index is 12.7. The number of carbonyl (C=O) groups excluding carboxylic acids is 2. The van der Waals surface area contributed by atoms with Gasteiger partial charge in [0.2, 0.25) is 11.8 Å². The van der Waals surface area contributed by atoms with Crippen molar-refractivity contribution in [1.82, 2.24) is 24.8 Å². The maximum Gasteiger partial charge on any atom is 0.272 e. The molecule has 0 bridgehead atoms. The second-order valence-corrected chi connectivity index (χ2v) is 7.02. The largest absolute Gasteiger partial charge is 0.349 e. The molecule has 0 spiro atoms. The fraction of sp³-hybridized carbons (Fsp3) is 0.300. The van der Waals surface area contributed by atoms with Gasteiger partial charge in [0.05, 0.1) is 12.2 Å². The van der Waals surface area contributed by atoms with Gasteiger partial charge >= 0.3 is 0 Å². The van der Waals surface area contributed by atoms with Crippen molar-refractivity contribution in [2.24, 2.45) is 0 Å². The first-order chi connectivity index (χ1) is 13.5. The van der Waals surface area contributed by atoms with Crippen molar-refractivity contribution < 1.29 is 9.59 Å². The number of likely N-dealkylation sites (tertiary alicyclic amines) is 1. The van der Waals surface area contributed by atoms with Gasteiger partial charge in [-0.15, -0.1) is 0 Å². The minimum Gasteiger partial charge on any atom is -0.349 e. The van der Waals surface area contributed by atoms with E-state index in [9.17, 15) is 14.4 Å². The van der Waals surface area contributed by atoms with Crippen molar-refractivity contribution >= 4 is 17.5 Å². The molecule has 1 unspecified atom stereocenters. The highest BCUT2D eigenvalue weighted by molar-refractivity contribution is 5.90. The van der Waals surface area contributed by atoms with Crippen LogP contribution in [0.5, 0.6) is 0 Å². The molecule has 1 atom stereocenters. The average Bonchev–Trinajstić information content (AvgIpc) is 3.29. The van der Waals surface area contributed by atoms with E-state index in [1.807, 2.05) is 31.2 Å². The van der Waals surface area contributed by atoms with E-state index in [-0.39, 0.29) is 23.9 Å². The van der Waals surface area contributed by atoms with Crippen LogP contribution in [0.25, 0.3) is 5.65 Å². The van der Waals surface area contributed by atoms with E-state index in [2.05, 4.69) is 15.4 Å². The summed E-state index contributed by atoms with van der Waals surface area (Å²) in [6.07, 6.45) is 2.47. The van der Waals surface area contributed by atoms with Gasteiger partial charge in [0.25, 0.3) is 5.56 Å². The van der Waals surface area contributed by atoms with E-state index in [4.69, 9.17) is 0 Å². The lowest BCUT2D eigenvalue weighted by molar-refractivity contribution is -0.135. The third-order valence-corrected chi connectivity index (χ3v) is 4.98. The number of nitrogens with zero attached hydrogens (tertiary/aromatic N) is 3. The number of aromatic nitrogens is 3. The highest BCUT2D eigenvalue weighted by Gasteiger charge is 2.35. The molecule has 8 heteroatoms. The first-order valence-corrected chi connectivity index (χ1v) is 9.20. The Kier molecular flexibility index (Phi) is 4.68. The molecule has 2 N–H and O–H groups in total. The quantitative estimate of drug-likeness (QED) is 0.694. The van der Waals surface area contributed by atoms with Crippen LogP contribution in [0, 0.1) is 6.92 Å². The number of amides is 2. The number of aryl methyl sites for hydroxylation is 1. The zero-order chi connectivity index (χ0) is 19.7. The van der Waals surface area contributed by atoms with Crippen LogP contribution in [-0.2, 0) is 22.7 Å². The molecule has 2 aromatic heterocycles. The van der Waals surface area contributed by atoms with E-state index in [1.54, 1.807) is 17.2 Å². The van der Waals surface area contributed by atoms with Crippen LogP contribution in [0.4, 0.5) is 0 Å². The molecule has 1 aliphatic heterocycles. The van der Waals surface area contributed by atoms with Crippen molar-refractivity contribution in [2.75, 3.05) is 0 Å². The molecular weight excluding hydrogens is 358 g/mol. The highest BCUT2D eigenvalue weighted by Crippen LogP contribution is 2.22. The molecule has 3 aromatic rings. The van der Waals surface area contributed by atoms with Gasteiger partial charge in [0.15, 0.2) is 5.65 Å². The topological polar surface area (TPSA) is 99.6 Å². The predicted octanol–water partition coefficient (Wildman–Crippen LogP) is 1.14. The Labute approximate surface area is 161 Å². The zero-order valence-corrected chi connectivity index (χ0v) is 15.5. The van der Waals surface area contributed by atoms with Crippen molar-refractivity contribution in [3.05, 3.63) is 69.8 Å². The number of H-pyrrole nitrogens is 1. The summed E-state index contributed by atoms with van der Waals surface area (Å²) in [7, 11) is 0. The Balaban J connectivity index is 1.44. The first-order valence-electron chi connectivity index (χ1n) is 9.20. The summed E-state index contributed by atoms with van der Waals surface area (Å²) in [6.45, 7) is 2.55. The summed E-state index contributed by atoms with van der Waals surface area (Å²) in [5, 5.41) is 5.59. The fourth-order valence-electron chi connectivity index (χ4n) is 3.46. The minimum atomic E-state index is -0.508. The highest BCUT2D eigenvalue weighted by atomic mass is 16.2. The van der Waals surface area contributed by atoms with E-state index >= 15 is 0 Å². The average molecular weight is 379 g/mol. The van der Waals surface area contributed by atoms with Gasteiger partial charge in [0, 0.05) is 31.3 Å². The van der Waals surface area contributed by atoms with Crippen molar-refractivity contribution in [2.45, 2.75) is 38.9 Å². The molecule has 28 heavy (non-hydrogen) atoms. The molecule has 4 rings (SSSR count). The third-order valence-electron chi connectivity index (χ3n) is 4.98. The number of carbonyl (C=O) groups is 2. The lowest BCUT2D eigenvalue weighted by Crippen LogP contribution is -2.44. The summed E-state index contributed by atoms with van der Waals surface area (Å²) in [5.41, 5.74) is 2.87. The van der Waals surface area contributed by atoms with Crippen LogP contribution in [0.3, 0.4) is 0 Å². The molecule has 3 heterocycles. The lowest BCUT2D eigenvalue weighted by Gasteiger charge is -2.24. The molecule has 8 nitrogen and oxygen atoms in total. The maximum atomic E-state index is 12.7.